The van der Waals surface area contributed by atoms with Crippen LogP contribution in [-0.2, 0) is 30.8 Å². The molecule has 1 aromatic rings. The molecule has 1 aromatic carbocycles. The summed E-state index contributed by atoms with van der Waals surface area (Å²) in [6.45, 7) is 1.75. The molecule has 11 heteroatoms. The average Bonchev–Trinajstić information content (AvgIpc) is 2.50. The molecule has 1 amide bonds. The van der Waals surface area contributed by atoms with Gasteiger partial charge >= 0.3 is 15.5 Å². The van der Waals surface area contributed by atoms with Gasteiger partial charge in [-0.25, -0.2) is 0 Å². The molecule has 0 saturated carbocycles. The summed E-state index contributed by atoms with van der Waals surface area (Å²) < 4.78 is 72.6. The number of halogens is 3. The Bertz CT molecular complexity index is 769. The maximum atomic E-state index is 12.6. The monoisotopic (exact) mass is 396 g/mol. The molecule has 0 aromatic heterocycles. The molecule has 0 bridgehead atoms. The van der Waals surface area contributed by atoms with Gasteiger partial charge in [-0.2, -0.15) is 21.6 Å². The van der Waals surface area contributed by atoms with Crippen molar-refractivity contribution in [2.45, 2.75) is 31.0 Å². The SMILES string of the molecule is COCC1(C)CC(=O)N(Cc2ccccc2NS(=O)(=O)C(F)(F)F)CO1. The van der Waals surface area contributed by atoms with E-state index in [1.54, 1.807) is 6.92 Å². The van der Waals surface area contributed by atoms with Crippen molar-refractivity contribution in [3.63, 3.8) is 0 Å². The molecule has 1 unspecified atom stereocenters. The van der Waals surface area contributed by atoms with Crippen molar-refractivity contribution in [1.29, 1.82) is 0 Å². The van der Waals surface area contributed by atoms with Crippen molar-refractivity contribution in [2.75, 3.05) is 25.2 Å². The number of ether oxygens (including phenoxy) is 2. The van der Waals surface area contributed by atoms with E-state index in [2.05, 4.69) is 0 Å². The lowest BCUT2D eigenvalue weighted by Gasteiger charge is -2.38. The Hall–Kier alpha value is -1.85. The summed E-state index contributed by atoms with van der Waals surface area (Å²) in [5.74, 6) is -0.274. The minimum atomic E-state index is -5.55. The van der Waals surface area contributed by atoms with Crippen LogP contribution in [0, 0.1) is 0 Å². The Morgan fingerprint density at radius 1 is 1.35 bits per heavy atom. The van der Waals surface area contributed by atoms with E-state index in [9.17, 15) is 26.4 Å². The fourth-order valence-electron chi connectivity index (χ4n) is 2.49. The number of amides is 1. The molecule has 1 aliphatic rings. The van der Waals surface area contributed by atoms with E-state index in [-0.39, 0.29) is 43.5 Å². The Kier molecular flexibility index (Phi) is 5.83. The molecule has 2 rings (SSSR count). The van der Waals surface area contributed by atoms with Crippen LogP contribution in [0.1, 0.15) is 18.9 Å². The van der Waals surface area contributed by atoms with Gasteiger partial charge in [0.25, 0.3) is 0 Å². The largest absolute Gasteiger partial charge is 0.516 e. The zero-order chi connectivity index (χ0) is 19.6. The highest BCUT2D eigenvalue weighted by Crippen LogP contribution is 2.29. The van der Waals surface area contributed by atoms with Crippen LogP contribution < -0.4 is 4.72 Å². The first-order valence-electron chi connectivity index (χ1n) is 7.55. The Labute approximate surface area is 149 Å². The van der Waals surface area contributed by atoms with Crippen LogP contribution in [0.25, 0.3) is 0 Å². The number of nitrogens with one attached hydrogen (secondary N) is 1. The van der Waals surface area contributed by atoms with Crippen LogP contribution in [0.4, 0.5) is 18.9 Å². The second kappa shape index (κ2) is 7.41. The van der Waals surface area contributed by atoms with Crippen LogP contribution >= 0.6 is 0 Å². The molecule has 1 saturated heterocycles. The first-order chi connectivity index (χ1) is 12.0. The number of alkyl halides is 3. The molecule has 1 atom stereocenters. The van der Waals surface area contributed by atoms with Gasteiger partial charge in [0.2, 0.25) is 5.91 Å². The van der Waals surface area contributed by atoms with Crippen LogP contribution in [0.3, 0.4) is 0 Å². The fourth-order valence-corrected chi connectivity index (χ4v) is 3.09. The van der Waals surface area contributed by atoms with Crippen LogP contribution in [0.15, 0.2) is 24.3 Å². The predicted octanol–water partition coefficient (Wildman–Crippen LogP) is 2.06. The first kappa shape index (κ1) is 20.5. The lowest BCUT2D eigenvalue weighted by Crippen LogP contribution is -2.50. The summed E-state index contributed by atoms with van der Waals surface area (Å²) in [6, 6.07) is 5.56. The van der Waals surface area contributed by atoms with Gasteiger partial charge in [0.05, 0.1) is 24.3 Å². The highest BCUT2D eigenvalue weighted by molar-refractivity contribution is 7.93. The second-order valence-corrected chi connectivity index (χ2v) is 7.81. The topological polar surface area (TPSA) is 84.9 Å². The zero-order valence-electron chi connectivity index (χ0n) is 14.2. The molecule has 7 nitrogen and oxygen atoms in total. The number of carbonyl (C=O) groups excluding carboxylic acids is 1. The third-order valence-corrected chi connectivity index (χ3v) is 4.92. The van der Waals surface area contributed by atoms with Gasteiger partial charge in [-0.15, -0.1) is 0 Å². The highest BCUT2D eigenvalue weighted by atomic mass is 32.2. The van der Waals surface area contributed by atoms with Crippen molar-refractivity contribution in [1.82, 2.24) is 4.90 Å². The van der Waals surface area contributed by atoms with Gasteiger partial charge in [0.1, 0.15) is 6.73 Å². The summed E-state index contributed by atoms with van der Waals surface area (Å²) >= 11 is 0. The third-order valence-electron chi connectivity index (χ3n) is 3.82. The molecule has 0 radical (unpaired) electrons. The lowest BCUT2D eigenvalue weighted by atomic mass is 10.0. The smallest absolute Gasteiger partial charge is 0.382 e. The Morgan fingerprint density at radius 2 is 2.00 bits per heavy atom. The zero-order valence-corrected chi connectivity index (χ0v) is 15.0. The minimum absolute atomic E-state index is 0.0390. The van der Waals surface area contributed by atoms with E-state index in [1.165, 1.54) is 41.0 Å². The van der Waals surface area contributed by atoms with Crippen LogP contribution in [0.2, 0.25) is 0 Å². The summed E-state index contributed by atoms with van der Waals surface area (Å²) in [5.41, 5.74) is -6.25. The normalized spacial score (nSPS) is 21.7. The van der Waals surface area contributed by atoms with Gasteiger partial charge in [-0.3, -0.25) is 9.52 Å². The first-order valence-corrected chi connectivity index (χ1v) is 9.03. The molecule has 0 aliphatic carbocycles. The number of para-hydroxylation sites is 1. The molecular weight excluding hydrogens is 377 g/mol. The van der Waals surface area contributed by atoms with Gasteiger partial charge in [-0.05, 0) is 18.6 Å². The Morgan fingerprint density at radius 3 is 2.58 bits per heavy atom. The van der Waals surface area contributed by atoms with E-state index >= 15 is 0 Å². The Balaban J connectivity index is 2.16. The molecular formula is C15H19F3N2O5S. The van der Waals surface area contributed by atoms with Crippen LogP contribution in [0.5, 0.6) is 0 Å². The highest BCUT2D eigenvalue weighted by Gasteiger charge is 2.46. The summed E-state index contributed by atoms with van der Waals surface area (Å²) in [5, 5.41) is 0. The van der Waals surface area contributed by atoms with E-state index in [0.717, 1.165) is 0 Å². The maximum absolute atomic E-state index is 12.6. The van der Waals surface area contributed by atoms with Gasteiger partial charge in [-0.1, -0.05) is 18.2 Å². The molecule has 1 heterocycles. The number of rotatable bonds is 6. The van der Waals surface area contributed by atoms with Gasteiger partial charge in [0, 0.05) is 13.7 Å². The van der Waals surface area contributed by atoms with Gasteiger partial charge in [0.15, 0.2) is 0 Å². The predicted molar refractivity (Wildman–Crippen MR) is 86.4 cm³/mol. The summed E-state index contributed by atoms with van der Waals surface area (Å²) in [7, 11) is -4.07. The number of anilines is 1. The number of sulfonamides is 1. The van der Waals surface area contributed by atoms with E-state index in [0.29, 0.717) is 0 Å². The molecule has 1 fully saturated rings. The summed E-state index contributed by atoms with van der Waals surface area (Å²) in [4.78, 5) is 13.6. The fraction of sp³-hybridized carbons (Fsp3) is 0.533. The quantitative estimate of drug-likeness (QED) is 0.796. The number of hydrogen-bond acceptors (Lipinski definition) is 5. The average molecular weight is 396 g/mol. The van der Waals surface area contributed by atoms with E-state index in [4.69, 9.17) is 9.47 Å². The second-order valence-electron chi connectivity index (χ2n) is 6.13. The molecule has 1 aliphatic heterocycles. The summed E-state index contributed by atoms with van der Waals surface area (Å²) in [6.07, 6.45) is 0.0390. The number of hydrogen-bond donors (Lipinski definition) is 1. The van der Waals surface area contributed by atoms with Crippen LogP contribution in [-0.4, -0.2) is 50.8 Å². The number of carbonyl (C=O) groups is 1. The maximum Gasteiger partial charge on any atom is 0.516 e. The number of nitrogens with zero attached hydrogens (tertiary/aromatic N) is 1. The third kappa shape index (κ3) is 4.65. The molecule has 1 N–H and O–H groups in total. The van der Waals surface area contributed by atoms with Crippen molar-refractivity contribution >= 4 is 21.6 Å². The van der Waals surface area contributed by atoms with E-state index in [1.807, 2.05) is 0 Å². The van der Waals surface area contributed by atoms with Gasteiger partial charge < -0.3 is 14.4 Å². The van der Waals surface area contributed by atoms with Crippen molar-refractivity contribution in [3.8, 4) is 0 Å². The van der Waals surface area contributed by atoms with Crippen molar-refractivity contribution in [3.05, 3.63) is 29.8 Å². The molecule has 26 heavy (non-hydrogen) atoms. The van der Waals surface area contributed by atoms with E-state index < -0.39 is 21.1 Å². The van der Waals surface area contributed by atoms with Crippen molar-refractivity contribution in [2.24, 2.45) is 0 Å². The molecule has 0 spiro atoms. The molecule has 146 valence electrons. The minimum Gasteiger partial charge on any atom is -0.382 e. The number of methoxy groups -OCH3 is 1. The standard InChI is InChI=1S/C15H19F3N2O5S/c1-14(9-24-2)7-13(21)20(10-25-14)8-11-5-3-4-6-12(11)19-26(22,23)15(16,17)18/h3-6,19H,7-10H2,1-2H3. The van der Waals surface area contributed by atoms with Crippen molar-refractivity contribution < 1.29 is 35.9 Å². The lowest BCUT2D eigenvalue weighted by molar-refractivity contribution is -0.179. The number of benzene rings is 1.